The van der Waals surface area contributed by atoms with Crippen LogP contribution in [0.3, 0.4) is 0 Å². The van der Waals surface area contributed by atoms with E-state index < -0.39 is 0 Å². The Balaban J connectivity index is 0.000000753. The molecular formula is C33H58CuN9O. The molecule has 9 rings (SSSR count). The number of hydrogen-bond donors (Lipinski definition) is 9. The van der Waals surface area contributed by atoms with Gasteiger partial charge >= 0.3 is 17.1 Å². The number of fused-ring (bicyclic) bond motifs is 20. The Morgan fingerprint density at radius 1 is 0.341 bits per heavy atom. The molecule has 11 heteroatoms. The van der Waals surface area contributed by atoms with Crippen LogP contribution in [-0.2, 0) is 21.9 Å². The fourth-order valence-corrected chi connectivity index (χ4v) is 12.0. The third-order valence-corrected chi connectivity index (χ3v) is 13.8. The van der Waals surface area contributed by atoms with Crippen LogP contribution in [0.4, 0.5) is 0 Å². The Hall–Kier alpha value is -0.331. The first-order valence-corrected chi connectivity index (χ1v) is 18.4. The van der Waals surface area contributed by atoms with Gasteiger partial charge in [-0.2, -0.15) is 6.41 Å². The molecule has 9 fully saturated rings. The van der Waals surface area contributed by atoms with Gasteiger partial charge in [-0.05, 0) is 98.7 Å². The number of rotatable bonds is 0. The summed E-state index contributed by atoms with van der Waals surface area (Å²) in [7, 11) is 0. The van der Waals surface area contributed by atoms with Crippen LogP contribution in [0.2, 0.25) is 0 Å². The van der Waals surface area contributed by atoms with Crippen molar-refractivity contribution in [3.05, 3.63) is 0 Å². The van der Waals surface area contributed by atoms with Gasteiger partial charge in [0.2, 0.25) is 0 Å². The van der Waals surface area contributed by atoms with Gasteiger partial charge in [0.1, 0.15) is 0 Å². The Kier molecular flexibility index (Phi) is 10.3. The van der Waals surface area contributed by atoms with Crippen molar-refractivity contribution in [2.24, 2.45) is 53.1 Å². The fraction of sp³-hybridized carbons (Fsp3) is 0.970. The summed E-state index contributed by atoms with van der Waals surface area (Å²) in [5, 5.41) is 33.8. The molecule has 252 valence electrons. The second kappa shape index (κ2) is 14.0. The van der Waals surface area contributed by atoms with Crippen molar-refractivity contribution in [3.8, 4) is 0 Å². The van der Waals surface area contributed by atoms with Crippen LogP contribution in [0.5, 0.6) is 0 Å². The second-order valence-corrected chi connectivity index (χ2v) is 15.7. The van der Waals surface area contributed by atoms with E-state index in [2.05, 4.69) is 48.3 Å². The standard InChI is InChI=1S/C32H56N8.CH2NO.Cu/c1-2-10-18-17(9-1)25-33-26(18)38-28-21-13-5-6-14-22(21)30(35-28)40-32-24-16-8-7-15-23(24)31(36-32)39-29-20-12-4-3-11-19(20)27(34-29)37-25;2-1-3;/h17-40H,1-16H2;(H2,2,3);/q;-1;+1. The average Bonchev–Trinajstić information content (AvgIpc) is 3.77. The van der Waals surface area contributed by atoms with Crippen molar-refractivity contribution in [1.29, 1.82) is 0 Å². The second-order valence-electron chi connectivity index (χ2n) is 15.7. The zero-order chi connectivity index (χ0) is 28.9. The van der Waals surface area contributed by atoms with E-state index in [1.165, 1.54) is 103 Å². The Labute approximate surface area is 275 Å². The number of carbonyl (C=O) groups excluding carboxylic acids is 1. The van der Waals surface area contributed by atoms with Gasteiger partial charge in [-0.3, -0.25) is 42.5 Å². The molecule has 10 nitrogen and oxygen atoms in total. The zero-order valence-electron chi connectivity index (χ0n) is 26.3. The van der Waals surface area contributed by atoms with Gasteiger partial charge in [-0.15, -0.1) is 0 Å². The summed E-state index contributed by atoms with van der Waals surface area (Å²) in [4.78, 5) is 8.46. The summed E-state index contributed by atoms with van der Waals surface area (Å²) < 4.78 is 0. The SMILES string of the molecule is C1CCC2C3NC(NC4NC(NC5NC(NC6NC(N3)C3CCCCC63)C3CCCCC53)C3CCCCC43)C2C1.N[C-]=O.[Cu+]. The van der Waals surface area contributed by atoms with E-state index in [0.717, 1.165) is 53.8 Å². The summed E-state index contributed by atoms with van der Waals surface area (Å²) in [5.74, 6) is 5.97. The van der Waals surface area contributed by atoms with Crippen LogP contribution in [0.25, 0.3) is 0 Å². The largest absolute Gasteiger partial charge is 1.00 e. The van der Waals surface area contributed by atoms with Crippen molar-refractivity contribution in [2.45, 2.75) is 152 Å². The fourth-order valence-electron chi connectivity index (χ4n) is 12.0. The minimum Gasteiger partial charge on any atom is -0.543 e. The van der Waals surface area contributed by atoms with Crippen molar-refractivity contribution in [3.63, 3.8) is 0 Å². The number of primary amides is 1. The molecule has 5 heterocycles. The molecule has 8 atom stereocenters. The monoisotopic (exact) mass is 659 g/mol. The maximum absolute atomic E-state index is 8.46. The minimum atomic E-state index is 0. The summed E-state index contributed by atoms with van der Waals surface area (Å²) in [5.41, 5.74) is 4.04. The molecule has 0 radical (unpaired) electrons. The van der Waals surface area contributed by atoms with E-state index >= 15 is 0 Å². The van der Waals surface area contributed by atoms with Crippen LogP contribution in [0, 0.1) is 47.3 Å². The molecule has 0 aromatic carbocycles. The van der Waals surface area contributed by atoms with Crippen molar-refractivity contribution < 1.29 is 21.9 Å². The van der Waals surface area contributed by atoms with Gasteiger partial charge in [0.15, 0.2) is 0 Å². The normalized spacial score (nSPS) is 52.6. The van der Waals surface area contributed by atoms with Crippen LogP contribution in [0.1, 0.15) is 103 Å². The molecule has 1 amide bonds. The molecule has 5 aliphatic heterocycles. The first-order valence-electron chi connectivity index (χ1n) is 18.4. The van der Waals surface area contributed by atoms with Gasteiger partial charge in [0, 0.05) is 0 Å². The van der Waals surface area contributed by atoms with E-state index in [4.69, 9.17) is 4.79 Å². The third-order valence-electron chi connectivity index (χ3n) is 13.8. The maximum atomic E-state index is 8.46. The molecule has 5 saturated heterocycles. The van der Waals surface area contributed by atoms with E-state index in [0.29, 0.717) is 49.3 Å². The van der Waals surface area contributed by atoms with Gasteiger partial charge in [-0.25, -0.2) is 0 Å². The number of hydrogen-bond acceptors (Lipinski definition) is 9. The first kappa shape index (κ1) is 32.2. The van der Waals surface area contributed by atoms with E-state index in [1.54, 1.807) is 0 Å². The molecule has 8 bridgehead atoms. The predicted octanol–water partition coefficient (Wildman–Crippen LogP) is 1.62. The quantitative estimate of drug-likeness (QED) is 0.108. The van der Waals surface area contributed by atoms with E-state index in [1.807, 2.05) is 0 Å². The summed E-state index contributed by atoms with van der Waals surface area (Å²) in [6.07, 6.45) is 26.6. The van der Waals surface area contributed by atoms with Gasteiger partial charge in [0.05, 0.1) is 49.3 Å². The minimum absolute atomic E-state index is 0. The molecule has 9 aliphatic rings. The molecule has 0 aromatic rings. The van der Waals surface area contributed by atoms with Crippen LogP contribution >= 0.6 is 0 Å². The maximum Gasteiger partial charge on any atom is 1.00 e. The molecule has 4 aliphatic carbocycles. The van der Waals surface area contributed by atoms with Crippen molar-refractivity contribution in [1.82, 2.24) is 42.5 Å². The Morgan fingerprint density at radius 3 is 0.568 bits per heavy atom. The molecule has 0 spiro atoms. The molecule has 0 aromatic heterocycles. The van der Waals surface area contributed by atoms with E-state index in [-0.39, 0.29) is 17.1 Å². The topological polar surface area (TPSA) is 139 Å². The van der Waals surface area contributed by atoms with Crippen molar-refractivity contribution >= 4 is 6.41 Å². The molecule has 44 heavy (non-hydrogen) atoms. The Morgan fingerprint density at radius 2 is 0.455 bits per heavy atom. The summed E-state index contributed by atoms with van der Waals surface area (Å²) in [6.45, 7) is 0. The number of amides is 1. The third kappa shape index (κ3) is 5.95. The number of nitrogens with two attached hydrogens (primary N) is 1. The molecule has 10 N–H and O–H groups in total. The molecule has 4 saturated carbocycles. The zero-order valence-corrected chi connectivity index (χ0v) is 27.3. The van der Waals surface area contributed by atoms with Crippen LogP contribution in [0.15, 0.2) is 0 Å². The van der Waals surface area contributed by atoms with Gasteiger partial charge in [-0.1, -0.05) is 51.4 Å². The first-order chi connectivity index (χ1) is 21.2. The predicted molar refractivity (Wildman–Crippen MR) is 167 cm³/mol. The average molecular weight is 660 g/mol. The van der Waals surface area contributed by atoms with Crippen LogP contribution < -0.4 is 48.3 Å². The van der Waals surface area contributed by atoms with Gasteiger partial charge < -0.3 is 10.5 Å². The smallest absolute Gasteiger partial charge is 0.543 e. The summed E-state index contributed by atoms with van der Waals surface area (Å²) >= 11 is 0. The molecule has 8 unspecified atom stereocenters. The van der Waals surface area contributed by atoms with Crippen LogP contribution in [-0.4, -0.2) is 55.7 Å². The Bertz CT molecular complexity index is 770. The van der Waals surface area contributed by atoms with E-state index in [9.17, 15) is 0 Å². The van der Waals surface area contributed by atoms with Crippen molar-refractivity contribution in [2.75, 3.05) is 0 Å². The van der Waals surface area contributed by atoms with Gasteiger partial charge in [0.25, 0.3) is 0 Å². The molecular weight excluding hydrogens is 602 g/mol. The summed E-state index contributed by atoms with van der Waals surface area (Å²) in [6, 6.07) is 0. The number of nitrogens with one attached hydrogen (secondary N) is 8.